The number of aromatic nitrogens is 3. The summed E-state index contributed by atoms with van der Waals surface area (Å²) in [6, 6.07) is 17.7. The first-order valence-corrected chi connectivity index (χ1v) is 9.59. The number of aryl methyl sites for hydroxylation is 2. The minimum atomic E-state index is -0.116. The fourth-order valence-corrected chi connectivity index (χ4v) is 3.99. The van der Waals surface area contributed by atoms with Crippen molar-refractivity contribution in [2.45, 2.75) is 26.8 Å². The van der Waals surface area contributed by atoms with Crippen LogP contribution in [0, 0.1) is 13.8 Å². The zero-order valence-electron chi connectivity index (χ0n) is 15.4. The number of benzene rings is 2. The van der Waals surface area contributed by atoms with E-state index in [4.69, 9.17) is 0 Å². The summed E-state index contributed by atoms with van der Waals surface area (Å²) in [6.45, 7) is 5.88. The molecular weight excluding hydrogens is 356 g/mol. The number of fused-ring (bicyclic) bond motifs is 1. The fourth-order valence-electron chi connectivity index (χ4n) is 3.33. The van der Waals surface area contributed by atoms with Gasteiger partial charge in [0.1, 0.15) is 5.82 Å². The Hall–Kier alpha value is -2.99. The first-order chi connectivity index (χ1) is 13.0. The topological polar surface area (TPSA) is 59.8 Å². The standard InChI is InChI=1S/C21H20N4OS/c1-13-8-7-9-16-12-18(14(2)22-21-23-15(3)24-27-21)25(20(26)19(13)16)17-10-5-4-6-11-17/h4-12,14H,1-3H3,(H,22,23,24). The zero-order valence-corrected chi connectivity index (χ0v) is 16.2. The average Bonchev–Trinajstić information content (AvgIpc) is 3.06. The first kappa shape index (κ1) is 17.4. The van der Waals surface area contributed by atoms with Crippen molar-refractivity contribution < 1.29 is 0 Å². The highest BCUT2D eigenvalue weighted by Crippen LogP contribution is 2.25. The third-order valence-electron chi connectivity index (χ3n) is 4.61. The van der Waals surface area contributed by atoms with E-state index in [9.17, 15) is 4.79 Å². The Labute approximate surface area is 161 Å². The van der Waals surface area contributed by atoms with E-state index in [1.54, 1.807) is 4.57 Å². The Balaban J connectivity index is 1.94. The van der Waals surface area contributed by atoms with E-state index in [0.29, 0.717) is 0 Å². The molecule has 0 saturated carbocycles. The highest BCUT2D eigenvalue weighted by Gasteiger charge is 2.18. The van der Waals surface area contributed by atoms with Gasteiger partial charge in [0.25, 0.3) is 5.56 Å². The van der Waals surface area contributed by atoms with Crippen LogP contribution in [0.4, 0.5) is 5.13 Å². The van der Waals surface area contributed by atoms with E-state index < -0.39 is 0 Å². The maximum absolute atomic E-state index is 13.4. The van der Waals surface area contributed by atoms with Crippen LogP contribution in [0.2, 0.25) is 0 Å². The summed E-state index contributed by atoms with van der Waals surface area (Å²) in [4.78, 5) is 17.8. The number of para-hydroxylation sites is 1. The Bertz CT molecular complexity index is 1160. The SMILES string of the molecule is Cc1nsc(NC(C)c2cc3cccc(C)c3c(=O)n2-c2ccccc2)n1. The molecule has 0 aliphatic carbocycles. The number of hydrogen-bond acceptors (Lipinski definition) is 5. The summed E-state index contributed by atoms with van der Waals surface area (Å²) < 4.78 is 6.02. The van der Waals surface area contributed by atoms with Crippen LogP contribution in [-0.4, -0.2) is 13.9 Å². The summed E-state index contributed by atoms with van der Waals surface area (Å²) in [5.41, 5.74) is 2.71. The van der Waals surface area contributed by atoms with Crippen LogP contribution in [0.1, 0.15) is 30.0 Å². The van der Waals surface area contributed by atoms with Gasteiger partial charge in [-0.2, -0.15) is 4.37 Å². The van der Waals surface area contributed by atoms with Gasteiger partial charge in [-0.05, 0) is 49.9 Å². The van der Waals surface area contributed by atoms with Gasteiger partial charge in [-0.3, -0.25) is 9.36 Å². The van der Waals surface area contributed by atoms with Gasteiger partial charge in [-0.15, -0.1) is 0 Å². The normalized spacial score (nSPS) is 12.3. The van der Waals surface area contributed by atoms with E-state index in [1.807, 2.05) is 69.3 Å². The van der Waals surface area contributed by atoms with Crippen molar-refractivity contribution in [2.24, 2.45) is 0 Å². The van der Waals surface area contributed by atoms with E-state index in [1.165, 1.54) is 11.5 Å². The second-order valence-corrected chi connectivity index (χ2v) is 7.35. The molecule has 0 spiro atoms. The Kier molecular flexibility index (Phi) is 4.49. The maximum Gasteiger partial charge on any atom is 0.263 e. The number of pyridine rings is 1. The van der Waals surface area contributed by atoms with Crippen LogP contribution >= 0.6 is 11.5 Å². The Morgan fingerprint density at radius 3 is 2.56 bits per heavy atom. The average molecular weight is 376 g/mol. The molecule has 27 heavy (non-hydrogen) atoms. The highest BCUT2D eigenvalue weighted by molar-refractivity contribution is 7.09. The van der Waals surface area contributed by atoms with Crippen LogP contribution in [0.5, 0.6) is 0 Å². The van der Waals surface area contributed by atoms with Gasteiger partial charge in [0.15, 0.2) is 0 Å². The smallest absolute Gasteiger partial charge is 0.263 e. The van der Waals surface area contributed by atoms with E-state index in [2.05, 4.69) is 20.7 Å². The molecule has 0 aliphatic heterocycles. The van der Waals surface area contributed by atoms with Crippen LogP contribution < -0.4 is 10.9 Å². The molecule has 0 fully saturated rings. The largest absolute Gasteiger partial charge is 0.352 e. The second kappa shape index (κ2) is 6.96. The molecular formula is C21H20N4OS. The lowest BCUT2D eigenvalue weighted by Gasteiger charge is -2.21. The predicted molar refractivity (Wildman–Crippen MR) is 111 cm³/mol. The van der Waals surface area contributed by atoms with Crippen molar-refractivity contribution in [3.8, 4) is 5.69 Å². The summed E-state index contributed by atoms with van der Waals surface area (Å²) in [5.74, 6) is 0.740. The number of anilines is 1. The third-order valence-corrected chi connectivity index (χ3v) is 5.35. The Morgan fingerprint density at radius 2 is 1.85 bits per heavy atom. The molecule has 136 valence electrons. The summed E-state index contributed by atoms with van der Waals surface area (Å²) in [5, 5.41) is 5.83. The molecule has 2 aromatic heterocycles. The minimum Gasteiger partial charge on any atom is -0.352 e. The van der Waals surface area contributed by atoms with Gasteiger partial charge in [0.2, 0.25) is 5.13 Å². The van der Waals surface area contributed by atoms with Crippen molar-refractivity contribution in [1.82, 2.24) is 13.9 Å². The quantitative estimate of drug-likeness (QED) is 0.564. The molecule has 0 bridgehead atoms. The van der Waals surface area contributed by atoms with E-state index in [0.717, 1.165) is 38.7 Å². The number of rotatable bonds is 4. The van der Waals surface area contributed by atoms with Gasteiger partial charge in [0, 0.05) is 22.9 Å². The van der Waals surface area contributed by atoms with Crippen molar-refractivity contribution in [2.75, 3.05) is 5.32 Å². The first-order valence-electron chi connectivity index (χ1n) is 8.82. The van der Waals surface area contributed by atoms with Gasteiger partial charge >= 0.3 is 0 Å². The van der Waals surface area contributed by atoms with Gasteiger partial charge in [-0.25, -0.2) is 4.98 Å². The molecule has 0 radical (unpaired) electrons. The van der Waals surface area contributed by atoms with Crippen molar-refractivity contribution in [3.05, 3.63) is 82.0 Å². The van der Waals surface area contributed by atoms with Crippen molar-refractivity contribution in [3.63, 3.8) is 0 Å². The molecule has 1 N–H and O–H groups in total. The van der Waals surface area contributed by atoms with Gasteiger partial charge in [0.05, 0.1) is 11.4 Å². The fraction of sp³-hybridized carbons (Fsp3) is 0.190. The summed E-state index contributed by atoms with van der Waals surface area (Å²) in [7, 11) is 0. The minimum absolute atomic E-state index is 0.00565. The van der Waals surface area contributed by atoms with Gasteiger partial charge < -0.3 is 5.32 Å². The van der Waals surface area contributed by atoms with Crippen LogP contribution in [-0.2, 0) is 0 Å². The molecule has 1 atom stereocenters. The molecule has 4 rings (SSSR count). The number of nitrogens with zero attached hydrogens (tertiary/aromatic N) is 3. The molecule has 0 saturated heterocycles. The van der Waals surface area contributed by atoms with E-state index in [-0.39, 0.29) is 11.6 Å². The molecule has 2 aromatic carbocycles. The highest BCUT2D eigenvalue weighted by atomic mass is 32.1. The summed E-state index contributed by atoms with van der Waals surface area (Å²) in [6.07, 6.45) is 0. The lowest BCUT2D eigenvalue weighted by Crippen LogP contribution is -2.25. The molecule has 5 nitrogen and oxygen atoms in total. The molecule has 2 heterocycles. The lowest BCUT2D eigenvalue weighted by molar-refractivity contribution is 0.776. The van der Waals surface area contributed by atoms with Crippen molar-refractivity contribution in [1.29, 1.82) is 0 Å². The van der Waals surface area contributed by atoms with Gasteiger partial charge in [-0.1, -0.05) is 36.4 Å². The predicted octanol–water partition coefficient (Wildman–Crippen LogP) is 4.63. The molecule has 4 aromatic rings. The van der Waals surface area contributed by atoms with Crippen molar-refractivity contribution >= 4 is 27.4 Å². The third kappa shape index (κ3) is 3.24. The van der Waals surface area contributed by atoms with Crippen LogP contribution in [0.25, 0.3) is 16.5 Å². The number of nitrogens with one attached hydrogen (secondary N) is 1. The van der Waals surface area contributed by atoms with Crippen LogP contribution in [0.3, 0.4) is 0 Å². The molecule has 0 aliphatic rings. The molecule has 0 amide bonds. The molecule has 1 unspecified atom stereocenters. The second-order valence-electron chi connectivity index (χ2n) is 6.60. The Morgan fingerprint density at radius 1 is 1.07 bits per heavy atom. The van der Waals surface area contributed by atoms with E-state index >= 15 is 0 Å². The monoisotopic (exact) mass is 376 g/mol. The lowest BCUT2D eigenvalue weighted by atomic mass is 10.0. The maximum atomic E-state index is 13.4. The van der Waals surface area contributed by atoms with Crippen LogP contribution in [0.15, 0.2) is 59.4 Å². The zero-order chi connectivity index (χ0) is 19.0. The summed E-state index contributed by atoms with van der Waals surface area (Å²) >= 11 is 1.32. The number of hydrogen-bond donors (Lipinski definition) is 1. The molecule has 6 heteroatoms.